The molecule has 0 saturated carbocycles. The quantitative estimate of drug-likeness (QED) is 0.937. The summed E-state index contributed by atoms with van der Waals surface area (Å²) in [6.07, 6.45) is 2.63. The van der Waals surface area contributed by atoms with E-state index in [1.165, 1.54) is 17.3 Å². The zero-order valence-corrected chi connectivity index (χ0v) is 13.3. The van der Waals surface area contributed by atoms with Crippen molar-refractivity contribution in [2.75, 3.05) is 18.0 Å². The van der Waals surface area contributed by atoms with E-state index in [4.69, 9.17) is 0 Å². The van der Waals surface area contributed by atoms with Gasteiger partial charge in [0.2, 0.25) is 0 Å². The van der Waals surface area contributed by atoms with Crippen LogP contribution >= 0.6 is 0 Å². The predicted octanol–water partition coefficient (Wildman–Crippen LogP) is 1.94. The van der Waals surface area contributed by atoms with Crippen LogP contribution < -0.4 is 10.2 Å². The van der Waals surface area contributed by atoms with E-state index in [1.54, 1.807) is 12.3 Å². The third-order valence-electron chi connectivity index (χ3n) is 4.45. The number of hydrogen-bond acceptors (Lipinski definition) is 4. The van der Waals surface area contributed by atoms with Crippen molar-refractivity contribution in [3.05, 3.63) is 41.1 Å². The van der Waals surface area contributed by atoms with Gasteiger partial charge in [0, 0.05) is 50.2 Å². The Balaban J connectivity index is 1.61. The molecule has 0 radical (unpaired) electrons. The number of hydrogen-bond donors (Lipinski definition) is 1. The van der Waals surface area contributed by atoms with E-state index < -0.39 is 0 Å². The van der Waals surface area contributed by atoms with Crippen molar-refractivity contribution in [1.82, 2.24) is 20.1 Å². The van der Waals surface area contributed by atoms with E-state index in [2.05, 4.69) is 22.3 Å². The fourth-order valence-electron chi connectivity index (χ4n) is 3.05. The van der Waals surface area contributed by atoms with Crippen LogP contribution in [0.1, 0.15) is 23.4 Å². The van der Waals surface area contributed by atoms with Crippen molar-refractivity contribution < 1.29 is 4.39 Å². The third-order valence-corrected chi connectivity index (χ3v) is 4.45. The Morgan fingerprint density at radius 2 is 2.23 bits per heavy atom. The first-order valence-corrected chi connectivity index (χ1v) is 7.64. The third kappa shape index (κ3) is 2.83. The minimum atomic E-state index is -0.248. The summed E-state index contributed by atoms with van der Waals surface area (Å²) in [7, 11) is 1.97. The summed E-state index contributed by atoms with van der Waals surface area (Å²) in [6, 6.07) is 3.43. The number of aryl methyl sites for hydroxylation is 2. The summed E-state index contributed by atoms with van der Waals surface area (Å²) >= 11 is 0. The van der Waals surface area contributed by atoms with Gasteiger partial charge in [0.1, 0.15) is 0 Å². The number of halogens is 1. The smallest absolute Gasteiger partial charge is 0.165 e. The molecular weight excluding hydrogens is 281 g/mol. The first-order valence-electron chi connectivity index (χ1n) is 7.64. The summed E-state index contributed by atoms with van der Waals surface area (Å²) < 4.78 is 15.7. The molecule has 3 heterocycles. The minimum absolute atomic E-state index is 0.248. The van der Waals surface area contributed by atoms with E-state index in [1.807, 2.05) is 23.6 Å². The second-order valence-corrected chi connectivity index (χ2v) is 5.89. The van der Waals surface area contributed by atoms with Crippen molar-refractivity contribution in [3.8, 4) is 0 Å². The highest BCUT2D eigenvalue weighted by molar-refractivity contribution is 5.41. The number of nitrogens with zero attached hydrogens (tertiary/aromatic N) is 4. The number of aromatic nitrogens is 3. The lowest BCUT2D eigenvalue weighted by Crippen LogP contribution is -2.32. The maximum Gasteiger partial charge on any atom is 0.165 e. The van der Waals surface area contributed by atoms with Crippen LogP contribution in [0.15, 0.2) is 18.3 Å². The van der Waals surface area contributed by atoms with Crippen LogP contribution in [0.5, 0.6) is 0 Å². The lowest BCUT2D eigenvalue weighted by Gasteiger charge is -2.18. The average molecular weight is 303 g/mol. The normalized spacial score (nSPS) is 18.2. The molecule has 5 nitrogen and oxygen atoms in total. The van der Waals surface area contributed by atoms with E-state index in [9.17, 15) is 4.39 Å². The van der Waals surface area contributed by atoms with Crippen molar-refractivity contribution in [3.63, 3.8) is 0 Å². The van der Waals surface area contributed by atoms with Gasteiger partial charge in [-0.2, -0.15) is 5.10 Å². The SMILES string of the molecule is Cc1nn(C)c(C)c1CN[C@@H]1CCN(c2ncccc2F)C1. The molecule has 22 heavy (non-hydrogen) atoms. The number of nitrogens with one attached hydrogen (secondary N) is 1. The molecule has 2 aromatic heterocycles. The number of pyridine rings is 1. The van der Waals surface area contributed by atoms with Crippen molar-refractivity contribution in [2.24, 2.45) is 7.05 Å². The summed E-state index contributed by atoms with van der Waals surface area (Å²) in [6.45, 7) is 6.53. The summed E-state index contributed by atoms with van der Waals surface area (Å²) in [5, 5.41) is 8.00. The Kier molecular flexibility index (Phi) is 4.11. The maximum atomic E-state index is 13.8. The fourth-order valence-corrected chi connectivity index (χ4v) is 3.05. The highest BCUT2D eigenvalue weighted by atomic mass is 19.1. The minimum Gasteiger partial charge on any atom is -0.353 e. The highest BCUT2D eigenvalue weighted by Crippen LogP contribution is 2.21. The first kappa shape index (κ1) is 15.0. The van der Waals surface area contributed by atoms with Crippen LogP contribution in [-0.2, 0) is 13.6 Å². The van der Waals surface area contributed by atoms with Gasteiger partial charge in [-0.1, -0.05) is 0 Å². The van der Waals surface area contributed by atoms with E-state index in [-0.39, 0.29) is 5.82 Å². The molecule has 0 unspecified atom stereocenters. The molecule has 1 aliphatic rings. The largest absolute Gasteiger partial charge is 0.353 e. The summed E-state index contributed by atoms with van der Waals surface area (Å²) in [5.74, 6) is 0.211. The fraction of sp³-hybridized carbons (Fsp3) is 0.500. The molecular formula is C16H22FN5. The average Bonchev–Trinajstić information content (AvgIpc) is 3.04. The highest BCUT2D eigenvalue weighted by Gasteiger charge is 2.25. The van der Waals surface area contributed by atoms with Crippen LogP contribution in [0, 0.1) is 19.7 Å². The molecule has 1 saturated heterocycles. The second kappa shape index (κ2) is 6.04. The van der Waals surface area contributed by atoms with Crippen LogP contribution in [0.25, 0.3) is 0 Å². The van der Waals surface area contributed by atoms with Gasteiger partial charge in [0.05, 0.1) is 5.69 Å². The molecule has 0 spiro atoms. The van der Waals surface area contributed by atoms with Gasteiger partial charge in [-0.3, -0.25) is 4.68 Å². The van der Waals surface area contributed by atoms with Gasteiger partial charge < -0.3 is 10.2 Å². The molecule has 2 aromatic rings. The first-order chi connectivity index (χ1) is 10.6. The summed E-state index contributed by atoms with van der Waals surface area (Å²) in [5.41, 5.74) is 3.51. The molecule has 0 amide bonds. The number of anilines is 1. The lowest BCUT2D eigenvalue weighted by atomic mass is 10.2. The predicted molar refractivity (Wildman–Crippen MR) is 84.3 cm³/mol. The van der Waals surface area contributed by atoms with Crippen molar-refractivity contribution in [1.29, 1.82) is 0 Å². The zero-order chi connectivity index (χ0) is 15.7. The van der Waals surface area contributed by atoms with E-state index in [0.29, 0.717) is 11.9 Å². The van der Waals surface area contributed by atoms with Gasteiger partial charge in [0.25, 0.3) is 0 Å². The van der Waals surface area contributed by atoms with E-state index in [0.717, 1.165) is 31.7 Å². The van der Waals surface area contributed by atoms with Crippen LogP contribution in [0.3, 0.4) is 0 Å². The van der Waals surface area contributed by atoms with Crippen LogP contribution in [-0.4, -0.2) is 33.9 Å². The number of rotatable bonds is 4. The van der Waals surface area contributed by atoms with Crippen LogP contribution in [0.2, 0.25) is 0 Å². The maximum absolute atomic E-state index is 13.8. The van der Waals surface area contributed by atoms with Crippen molar-refractivity contribution in [2.45, 2.75) is 32.9 Å². The van der Waals surface area contributed by atoms with E-state index >= 15 is 0 Å². The monoisotopic (exact) mass is 303 g/mol. The van der Waals surface area contributed by atoms with Gasteiger partial charge >= 0.3 is 0 Å². The van der Waals surface area contributed by atoms with Gasteiger partial charge in [-0.25, -0.2) is 9.37 Å². The molecule has 6 heteroatoms. The van der Waals surface area contributed by atoms with Crippen LogP contribution in [0.4, 0.5) is 10.2 Å². The zero-order valence-electron chi connectivity index (χ0n) is 13.3. The molecule has 0 bridgehead atoms. The van der Waals surface area contributed by atoms with Gasteiger partial charge in [0.15, 0.2) is 11.6 Å². The Labute approximate surface area is 130 Å². The molecule has 0 aromatic carbocycles. The standard InChI is InChI=1S/C16H22FN5/c1-11-14(12(2)21(3)20-11)9-19-13-6-8-22(10-13)16-15(17)5-4-7-18-16/h4-5,7,13,19H,6,8-10H2,1-3H3/t13-/m1/s1. The summed E-state index contributed by atoms with van der Waals surface area (Å²) in [4.78, 5) is 6.16. The Morgan fingerprint density at radius 3 is 2.91 bits per heavy atom. The molecule has 0 aliphatic carbocycles. The lowest BCUT2D eigenvalue weighted by molar-refractivity contribution is 0.547. The van der Waals surface area contributed by atoms with Crippen molar-refractivity contribution >= 4 is 5.82 Å². The molecule has 1 N–H and O–H groups in total. The van der Waals surface area contributed by atoms with Gasteiger partial charge in [-0.05, 0) is 32.4 Å². The second-order valence-electron chi connectivity index (χ2n) is 5.89. The molecule has 1 fully saturated rings. The van der Waals surface area contributed by atoms with Gasteiger partial charge in [-0.15, -0.1) is 0 Å². The molecule has 1 aliphatic heterocycles. The Morgan fingerprint density at radius 1 is 1.41 bits per heavy atom. The Hall–Kier alpha value is -1.95. The molecule has 3 rings (SSSR count). The topological polar surface area (TPSA) is 46.0 Å². The Bertz CT molecular complexity index is 667. The molecule has 118 valence electrons. The molecule has 1 atom stereocenters.